The molecule has 2 rings (SSSR count). The average molecular weight is 183 g/mol. The van der Waals surface area contributed by atoms with Gasteiger partial charge in [0, 0.05) is 6.04 Å². The number of nitrogens with one attached hydrogen (secondary N) is 1. The zero-order chi connectivity index (χ0) is 9.26. The van der Waals surface area contributed by atoms with Crippen LogP contribution in [-0.2, 0) is 0 Å². The van der Waals surface area contributed by atoms with Crippen molar-refractivity contribution in [1.29, 1.82) is 0 Å². The van der Waals surface area contributed by atoms with Crippen LogP contribution in [0.4, 0.5) is 0 Å². The van der Waals surface area contributed by atoms with E-state index in [0.29, 0.717) is 0 Å². The predicted molar refractivity (Wildman–Crippen MR) is 53.5 cm³/mol. The molecule has 1 atom stereocenters. The molecule has 2 saturated carbocycles. The van der Waals surface area contributed by atoms with Gasteiger partial charge in [0.2, 0.25) is 0 Å². The summed E-state index contributed by atoms with van der Waals surface area (Å²) in [5, 5.41) is 12.7. The molecule has 76 valence electrons. The van der Waals surface area contributed by atoms with E-state index in [0.717, 1.165) is 30.8 Å². The van der Waals surface area contributed by atoms with Crippen molar-refractivity contribution in [2.75, 3.05) is 6.54 Å². The van der Waals surface area contributed by atoms with E-state index in [4.69, 9.17) is 5.11 Å². The van der Waals surface area contributed by atoms with Crippen molar-refractivity contribution in [2.45, 2.75) is 51.2 Å². The molecule has 0 aromatic rings. The summed E-state index contributed by atoms with van der Waals surface area (Å²) < 4.78 is 0. The maximum atomic E-state index is 9.13. The Labute approximate surface area is 80.7 Å². The van der Waals surface area contributed by atoms with Gasteiger partial charge in [0.05, 0.1) is 6.10 Å². The minimum absolute atomic E-state index is 0.147. The monoisotopic (exact) mass is 183 g/mol. The van der Waals surface area contributed by atoms with Gasteiger partial charge in [-0.15, -0.1) is 0 Å². The molecule has 0 aromatic carbocycles. The van der Waals surface area contributed by atoms with Crippen molar-refractivity contribution in [3.63, 3.8) is 0 Å². The highest BCUT2D eigenvalue weighted by molar-refractivity contribution is 4.96. The Balaban J connectivity index is 1.64. The van der Waals surface area contributed by atoms with Crippen molar-refractivity contribution < 1.29 is 5.11 Å². The lowest BCUT2D eigenvalue weighted by Crippen LogP contribution is -2.34. The normalized spacial score (nSPS) is 25.2. The van der Waals surface area contributed by atoms with Gasteiger partial charge in [-0.3, -0.25) is 0 Å². The van der Waals surface area contributed by atoms with E-state index >= 15 is 0 Å². The summed E-state index contributed by atoms with van der Waals surface area (Å²) in [6.45, 7) is 2.86. The minimum Gasteiger partial charge on any atom is -0.393 e. The van der Waals surface area contributed by atoms with Crippen molar-refractivity contribution in [3.05, 3.63) is 0 Å². The van der Waals surface area contributed by atoms with Gasteiger partial charge in [0.1, 0.15) is 0 Å². The quantitative estimate of drug-likeness (QED) is 0.654. The van der Waals surface area contributed by atoms with Crippen LogP contribution in [0.2, 0.25) is 0 Å². The highest BCUT2D eigenvalue weighted by Crippen LogP contribution is 2.44. The molecule has 2 N–H and O–H groups in total. The van der Waals surface area contributed by atoms with Gasteiger partial charge in [0.15, 0.2) is 0 Å². The van der Waals surface area contributed by atoms with E-state index in [-0.39, 0.29) is 6.10 Å². The molecule has 2 fully saturated rings. The van der Waals surface area contributed by atoms with Gasteiger partial charge in [-0.1, -0.05) is 0 Å². The topological polar surface area (TPSA) is 32.3 Å². The van der Waals surface area contributed by atoms with Gasteiger partial charge in [-0.2, -0.15) is 0 Å². The Morgan fingerprint density at radius 3 is 2.15 bits per heavy atom. The maximum absolute atomic E-state index is 9.13. The molecule has 13 heavy (non-hydrogen) atoms. The third kappa shape index (κ3) is 2.96. The second-order valence-electron chi connectivity index (χ2n) is 4.79. The van der Waals surface area contributed by atoms with Crippen LogP contribution >= 0.6 is 0 Å². The molecule has 0 aromatic heterocycles. The minimum atomic E-state index is -0.147. The Kier molecular flexibility index (Phi) is 2.89. The summed E-state index contributed by atoms with van der Waals surface area (Å²) in [4.78, 5) is 0. The van der Waals surface area contributed by atoms with Crippen molar-refractivity contribution in [3.8, 4) is 0 Å². The SMILES string of the molecule is C[C@H](O)CCNC(C1CC1)C1CC1. The molecule has 2 heteroatoms. The maximum Gasteiger partial charge on any atom is 0.0524 e. The van der Waals surface area contributed by atoms with Crippen molar-refractivity contribution in [1.82, 2.24) is 5.32 Å². The molecule has 0 amide bonds. The first kappa shape index (κ1) is 9.47. The standard InChI is InChI=1S/C11H21NO/c1-8(13)6-7-12-11(9-2-3-9)10-4-5-10/h8-13H,2-7H2,1H3/t8-/m0/s1. The zero-order valence-electron chi connectivity index (χ0n) is 8.50. The molecule has 2 aliphatic rings. The third-order valence-electron chi connectivity index (χ3n) is 3.20. The summed E-state index contributed by atoms with van der Waals surface area (Å²) >= 11 is 0. The average Bonchev–Trinajstić information content (AvgIpc) is 2.89. The molecule has 2 aliphatic carbocycles. The number of rotatable bonds is 6. The van der Waals surface area contributed by atoms with Crippen LogP contribution in [0.3, 0.4) is 0 Å². The van der Waals surface area contributed by atoms with E-state index < -0.39 is 0 Å². The lowest BCUT2D eigenvalue weighted by molar-refractivity contribution is 0.181. The first-order valence-corrected chi connectivity index (χ1v) is 5.69. The molecule has 0 saturated heterocycles. The van der Waals surface area contributed by atoms with Gasteiger partial charge in [0.25, 0.3) is 0 Å². The van der Waals surface area contributed by atoms with Crippen LogP contribution in [-0.4, -0.2) is 23.8 Å². The number of aliphatic hydroxyl groups is 1. The zero-order valence-corrected chi connectivity index (χ0v) is 8.50. The molecule has 0 radical (unpaired) electrons. The van der Waals surface area contributed by atoms with E-state index in [1.807, 2.05) is 6.92 Å². The Bertz CT molecular complexity index is 149. The van der Waals surface area contributed by atoms with E-state index in [1.165, 1.54) is 25.7 Å². The predicted octanol–water partition coefficient (Wildman–Crippen LogP) is 1.54. The first-order valence-electron chi connectivity index (χ1n) is 5.69. The molecule has 0 heterocycles. The summed E-state index contributed by atoms with van der Waals surface area (Å²) in [5.41, 5.74) is 0. The second-order valence-corrected chi connectivity index (χ2v) is 4.79. The third-order valence-corrected chi connectivity index (χ3v) is 3.20. The van der Waals surface area contributed by atoms with Gasteiger partial charge >= 0.3 is 0 Å². The molecular formula is C11H21NO. The largest absolute Gasteiger partial charge is 0.393 e. The highest BCUT2D eigenvalue weighted by Gasteiger charge is 2.40. The molecule has 0 unspecified atom stereocenters. The van der Waals surface area contributed by atoms with E-state index in [9.17, 15) is 0 Å². The Hall–Kier alpha value is -0.0800. The fourth-order valence-electron chi connectivity index (χ4n) is 2.09. The molecule has 2 nitrogen and oxygen atoms in total. The van der Waals surface area contributed by atoms with Crippen LogP contribution in [0.25, 0.3) is 0 Å². The fourth-order valence-corrected chi connectivity index (χ4v) is 2.09. The van der Waals surface area contributed by atoms with E-state index in [2.05, 4.69) is 5.32 Å². The Morgan fingerprint density at radius 2 is 1.77 bits per heavy atom. The second kappa shape index (κ2) is 3.97. The van der Waals surface area contributed by atoms with Crippen molar-refractivity contribution >= 4 is 0 Å². The number of hydrogen-bond acceptors (Lipinski definition) is 2. The summed E-state index contributed by atoms with van der Waals surface area (Å²) in [6.07, 6.45) is 6.49. The Morgan fingerprint density at radius 1 is 1.23 bits per heavy atom. The molecular weight excluding hydrogens is 162 g/mol. The van der Waals surface area contributed by atoms with Gasteiger partial charge in [-0.05, 0) is 57.4 Å². The molecule has 0 aliphatic heterocycles. The van der Waals surface area contributed by atoms with Gasteiger partial charge in [-0.25, -0.2) is 0 Å². The molecule has 0 spiro atoms. The fraction of sp³-hybridized carbons (Fsp3) is 1.00. The van der Waals surface area contributed by atoms with Crippen LogP contribution in [0.5, 0.6) is 0 Å². The summed E-state index contributed by atoms with van der Waals surface area (Å²) in [5.74, 6) is 1.95. The van der Waals surface area contributed by atoms with Crippen LogP contribution in [0.15, 0.2) is 0 Å². The van der Waals surface area contributed by atoms with Crippen molar-refractivity contribution in [2.24, 2.45) is 11.8 Å². The van der Waals surface area contributed by atoms with E-state index in [1.54, 1.807) is 0 Å². The lowest BCUT2D eigenvalue weighted by Gasteiger charge is -2.17. The number of hydrogen-bond donors (Lipinski definition) is 2. The highest BCUT2D eigenvalue weighted by atomic mass is 16.3. The van der Waals surface area contributed by atoms with Crippen LogP contribution < -0.4 is 5.32 Å². The summed E-state index contributed by atoms with van der Waals surface area (Å²) in [7, 11) is 0. The lowest BCUT2D eigenvalue weighted by atomic mass is 10.1. The smallest absolute Gasteiger partial charge is 0.0524 e. The first-order chi connectivity index (χ1) is 6.27. The van der Waals surface area contributed by atoms with Crippen LogP contribution in [0, 0.1) is 11.8 Å². The van der Waals surface area contributed by atoms with Crippen LogP contribution in [0.1, 0.15) is 39.0 Å². The van der Waals surface area contributed by atoms with Gasteiger partial charge < -0.3 is 10.4 Å². The number of aliphatic hydroxyl groups excluding tert-OH is 1. The molecule has 0 bridgehead atoms. The summed E-state index contributed by atoms with van der Waals surface area (Å²) in [6, 6.07) is 0.791.